The van der Waals surface area contributed by atoms with Gasteiger partial charge in [-0.15, -0.1) is 6.42 Å². The summed E-state index contributed by atoms with van der Waals surface area (Å²) < 4.78 is 0. The second-order valence-corrected chi connectivity index (χ2v) is 5.49. The first kappa shape index (κ1) is 14.7. The van der Waals surface area contributed by atoms with Crippen LogP contribution >= 0.6 is 0 Å². The molecule has 0 radical (unpaired) electrons. The molecule has 0 bridgehead atoms. The van der Waals surface area contributed by atoms with Crippen molar-refractivity contribution in [2.45, 2.75) is 31.9 Å². The van der Waals surface area contributed by atoms with Crippen LogP contribution in [0.4, 0.5) is 0 Å². The van der Waals surface area contributed by atoms with Crippen molar-refractivity contribution in [1.82, 2.24) is 4.90 Å². The first-order valence-corrected chi connectivity index (χ1v) is 7.05. The van der Waals surface area contributed by atoms with Gasteiger partial charge < -0.3 is 5.11 Å². The number of likely N-dealkylation sites (tertiary alicyclic amines) is 1. The van der Waals surface area contributed by atoms with E-state index in [0.717, 1.165) is 12.1 Å². The molecule has 3 atom stereocenters. The summed E-state index contributed by atoms with van der Waals surface area (Å²) in [4.78, 5) is 2.28. The Balaban J connectivity index is 1.99. The number of piperidine rings is 1. The molecule has 1 aliphatic rings. The van der Waals surface area contributed by atoms with Crippen molar-refractivity contribution in [3.05, 3.63) is 35.9 Å². The monoisotopic (exact) mass is 267 g/mol. The van der Waals surface area contributed by atoms with Gasteiger partial charge in [-0.1, -0.05) is 42.9 Å². The Kier molecular flexibility index (Phi) is 4.50. The maximum absolute atomic E-state index is 10.3. The van der Waals surface area contributed by atoms with Crippen LogP contribution in [0.3, 0.4) is 0 Å². The summed E-state index contributed by atoms with van der Waals surface area (Å²) in [6, 6.07) is 10.2. The smallest absolute Gasteiger partial charge is 0.130 e. The molecule has 0 aromatic heterocycles. The molecule has 0 spiro atoms. The Hall–Kier alpha value is -1.74. The van der Waals surface area contributed by atoms with Crippen molar-refractivity contribution < 1.29 is 5.11 Å². The van der Waals surface area contributed by atoms with Gasteiger partial charge in [0, 0.05) is 30.5 Å². The fourth-order valence-corrected chi connectivity index (χ4v) is 2.65. The zero-order valence-corrected chi connectivity index (χ0v) is 12.1. The maximum Gasteiger partial charge on any atom is 0.130 e. The molecule has 2 rings (SSSR count). The lowest BCUT2D eigenvalue weighted by Gasteiger charge is -2.44. The molecule has 1 heterocycles. The Morgan fingerprint density at radius 3 is 2.70 bits per heavy atom. The standard InChI is InChI=1S/C18H21NO/c1-4-18(20)12-14-19(16(3)15(18)2)13-8-11-17-9-6-5-7-10-17/h1,5-7,9-10,15-16,20H,12-14H2,2-3H3. The van der Waals surface area contributed by atoms with Crippen LogP contribution in [0.1, 0.15) is 25.8 Å². The van der Waals surface area contributed by atoms with E-state index in [1.807, 2.05) is 37.3 Å². The molecule has 2 nitrogen and oxygen atoms in total. The van der Waals surface area contributed by atoms with E-state index in [1.54, 1.807) is 0 Å². The number of aliphatic hydroxyl groups is 1. The molecule has 20 heavy (non-hydrogen) atoms. The van der Waals surface area contributed by atoms with Crippen LogP contribution in [0.2, 0.25) is 0 Å². The van der Waals surface area contributed by atoms with Crippen LogP contribution in [0.25, 0.3) is 0 Å². The highest BCUT2D eigenvalue weighted by atomic mass is 16.3. The van der Waals surface area contributed by atoms with Crippen molar-refractivity contribution in [2.75, 3.05) is 13.1 Å². The zero-order valence-electron chi connectivity index (χ0n) is 12.1. The van der Waals surface area contributed by atoms with Crippen LogP contribution in [0.15, 0.2) is 30.3 Å². The molecule has 1 aromatic carbocycles. The minimum atomic E-state index is -0.969. The maximum atomic E-state index is 10.3. The average Bonchev–Trinajstić information content (AvgIpc) is 2.48. The normalized spacial score (nSPS) is 30.1. The SMILES string of the molecule is C#CC1(O)CCN(CC#Cc2ccccc2)C(C)C1C. The molecular weight excluding hydrogens is 246 g/mol. The topological polar surface area (TPSA) is 23.5 Å². The number of terminal acetylenes is 1. The minimum Gasteiger partial charge on any atom is -0.377 e. The molecule has 1 aromatic rings. The third kappa shape index (κ3) is 3.05. The Bertz CT molecular complexity index is 548. The molecule has 1 aliphatic heterocycles. The van der Waals surface area contributed by atoms with E-state index >= 15 is 0 Å². The quantitative estimate of drug-likeness (QED) is 0.788. The largest absolute Gasteiger partial charge is 0.377 e. The summed E-state index contributed by atoms with van der Waals surface area (Å²) in [6.45, 7) is 5.62. The van der Waals surface area contributed by atoms with Crippen LogP contribution < -0.4 is 0 Å². The van der Waals surface area contributed by atoms with Gasteiger partial charge in [-0.25, -0.2) is 0 Å². The summed E-state index contributed by atoms with van der Waals surface area (Å²) in [5.74, 6) is 8.99. The molecular formula is C18H21NO. The molecule has 0 aliphatic carbocycles. The average molecular weight is 267 g/mol. The van der Waals surface area contributed by atoms with E-state index in [1.165, 1.54) is 0 Å². The molecule has 3 unspecified atom stereocenters. The van der Waals surface area contributed by atoms with Gasteiger partial charge >= 0.3 is 0 Å². The van der Waals surface area contributed by atoms with Crippen molar-refractivity contribution in [3.63, 3.8) is 0 Å². The number of benzene rings is 1. The number of nitrogens with zero attached hydrogens (tertiary/aromatic N) is 1. The highest BCUT2D eigenvalue weighted by Crippen LogP contribution is 2.31. The summed E-state index contributed by atoms with van der Waals surface area (Å²) in [7, 11) is 0. The lowest BCUT2D eigenvalue weighted by molar-refractivity contribution is -0.0447. The predicted molar refractivity (Wildman–Crippen MR) is 81.9 cm³/mol. The zero-order chi connectivity index (χ0) is 14.6. The van der Waals surface area contributed by atoms with E-state index in [-0.39, 0.29) is 12.0 Å². The minimum absolute atomic E-state index is 0.0553. The van der Waals surface area contributed by atoms with Crippen molar-refractivity contribution >= 4 is 0 Å². The van der Waals surface area contributed by atoms with Gasteiger partial charge in [-0.2, -0.15) is 0 Å². The Morgan fingerprint density at radius 1 is 1.35 bits per heavy atom. The van der Waals surface area contributed by atoms with Gasteiger partial charge in [0.25, 0.3) is 0 Å². The third-order valence-corrected chi connectivity index (χ3v) is 4.37. The molecule has 1 fully saturated rings. The summed E-state index contributed by atoms with van der Waals surface area (Å²) in [6.07, 6.45) is 6.08. The summed E-state index contributed by atoms with van der Waals surface area (Å²) >= 11 is 0. The van der Waals surface area contributed by atoms with Gasteiger partial charge in [-0.05, 0) is 19.1 Å². The van der Waals surface area contributed by atoms with Gasteiger partial charge in [0.15, 0.2) is 0 Å². The van der Waals surface area contributed by atoms with E-state index < -0.39 is 5.60 Å². The Morgan fingerprint density at radius 2 is 2.05 bits per heavy atom. The van der Waals surface area contributed by atoms with Crippen molar-refractivity contribution in [1.29, 1.82) is 0 Å². The van der Waals surface area contributed by atoms with Crippen LogP contribution in [0, 0.1) is 30.1 Å². The van der Waals surface area contributed by atoms with E-state index in [4.69, 9.17) is 6.42 Å². The van der Waals surface area contributed by atoms with Crippen LogP contribution in [-0.2, 0) is 0 Å². The van der Waals surface area contributed by atoms with Crippen molar-refractivity contribution in [3.8, 4) is 24.2 Å². The molecule has 104 valence electrons. The summed E-state index contributed by atoms with van der Waals surface area (Å²) in [5.41, 5.74) is 0.0633. The lowest BCUT2D eigenvalue weighted by atomic mass is 9.78. The van der Waals surface area contributed by atoms with E-state index in [0.29, 0.717) is 13.0 Å². The number of hydrogen-bond donors (Lipinski definition) is 1. The fraction of sp³-hybridized carbons (Fsp3) is 0.444. The fourth-order valence-electron chi connectivity index (χ4n) is 2.65. The van der Waals surface area contributed by atoms with Crippen LogP contribution in [-0.4, -0.2) is 34.7 Å². The second-order valence-electron chi connectivity index (χ2n) is 5.49. The third-order valence-electron chi connectivity index (χ3n) is 4.37. The summed E-state index contributed by atoms with van der Waals surface area (Å²) in [5, 5.41) is 10.3. The number of hydrogen-bond acceptors (Lipinski definition) is 2. The van der Waals surface area contributed by atoms with Crippen LogP contribution in [0.5, 0.6) is 0 Å². The molecule has 1 N–H and O–H groups in total. The van der Waals surface area contributed by atoms with Gasteiger partial charge in [0.2, 0.25) is 0 Å². The van der Waals surface area contributed by atoms with Gasteiger partial charge in [-0.3, -0.25) is 4.90 Å². The molecule has 1 saturated heterocycles. The molecule has 0 saturated carbocycles. The van der Waals surface area contributed by atoms with Gasteiger partial charge in [0.05, 0.1) is 6.54 Å². The van der Waals surface area contributed by atoms with E-state index in [2.05, 4.69) is 29.6 Å². The lowest BCUT2D eigenvalue weighted by Crippen LogP contribution is -2.55. The number of rotatable bonds is 1. The first-order chi connectivity index (χ1) is 9.57. The molecule has 0 amide bonds. The van der Waals surface area contributed by atoms with Crippen molar-refractivity contribution in [2.24, 2.45) is 5.92 Å². The van der Waals surface area contributed by atoms with Gasteiger partial charge in [0.1, 0.15) is 5.60 Å². The second kappa shape index (κ2) is 6.14. The highest BCUT2D eigenvalue weighted by molar-refractivity contribution is 5.33. The van der Waals surface area contributed by atoms with E-state index in [9.17, 15) is 5.11 Å². The Labute approximate surface area is 121 Å². The highest BCUT2D eigenvalue weighted by Gasteiger charge is 2.41. The predicted octanol–water partition coefficient (Wildman–Crippen LogP) is 2.13. The first-order valence-electron chi connectivity index (χ1n) is 7.05. The molecule has 2 heteroatoms.